The molecule has 0 bridgehead atoms. The van der Waals surface area contributed by atoms with Crippen molar-refractivity contribution >= 4 is 21.7 Å². The zero-order valence-electron chi connectivity index (χ0n) is 10.7. The highest BCUT2D eigenvalue weighted by Gasteiger charge is 2.47. The van der Waals surface area contributed by atoms with E-state index in [9.17, 15) is 13.6 Å². The lowest BCUT2D eigenvalue weighted by Gasteiger charge is -2.39. The molecule has 1 fully saturated rings. The highest BCUT2D eigenvalue weighted by Crippen LogP contribution is 2.48. The van der Waals surface area contributed by atoms with Gasteiger partial charge in [-0.1, -0.05) is 34.7 Å². The standard InChI is InChI=1S/C15H17BrF2O/c1-11-10-12(16)4-2-3-5-14(13(11)19)6-8-15(17,18)9-7-14/h2,4,10H,1,3,5-9H2/b4-2-,12-10+. The highest BCUT2D eigenvalue weighted by molar-refractivity contribution is 9.11. The van der Waals surface area contributed by atoms with Crippen molar-refractivity contribution in [2.24, 2.45) is 5.41 Å². The lowest BCUT2D eigenvalue weighted by atomic mass is 9.66. The average molecular weight is 331 g/mol. The van der Waals surface area contributed by atoms with E-state index in [4.69, 9.17) is 0 Å². The molecule has 1 spiro atoms. The van der Waals surface area contributed by atoms with Gasteiger partial charge in [-0.25, -0.2) is 8.78 Å². The summed E-state index contributed by atoms with van der Waals surface area (Å²) in [4.78, 5) is 12.5. The molecule has 0 atom stereocenters. The number of allylic oxidation sites excluding steroid dienone is 5. The maximum absolute atomic E-state index is 13.3. The zero-order chi connectivity index (χ0) is 14.1. The second-order valence-electron chi connectivity index (χ2n) is 5.46. The Morgan fingerprint density at radius 3 is 2.42 bits per heavy atom. The second-order valence-corrected chi connectivity index (χ2v) is 6.38. The summed E-state index contributed by atoms with van der Waals surface area (Å²) < 4.78 is 27.4. The number of rotatable bonds is 0. The highest BCUT2D eigenvalue weighted by atomic mass is 79.9. The van der Waals surface area contributed by atoms with Gasteiger partial charge in [0.2, 0.25) is 5.92 Å². The van der Waals surface area contributed by atoms with Crippen molar-refractivity contribution in [1.82, 2.24) is 0 Å². The van der Waals surface area contributed by atoms with Crippen LogP contribution in [-0.2, 0) is 4.79 Å². The first kappa shape index (κ1) is 14.6. The van der Waals surface area contributed by atoms with E-state index in [0.717, 1.165) is 10.9 Å². The van der Waals surface area contributed by atoms with Crippen molar-refractivity contribution in [2.75, 3.05) is 0 Å². The fourth-order valence-corrected chi connectivity index (χ4v) is 3.32. The number of carbonyl (C=O) groups excluding carboxylic acids is 1. The van der Waals surface area contributed by atoms with Crippen molar-refractivity contribution in [2.45, 2.75) is 44.4 Å². The number of ketones is 1. The third kappa shape index (κ3) is 3.22. The quantitative estimate of drug-likeness (QED) is 0.575. The Morgan fingerprint density at radius 1 is 1.16 bits per heavy atom. The minimum absolute atomic E-state index is 0.0661. The summed E-state index contributed by atoms with van der Waals surface area (Å²) in [5.74, 6) is -2.68. The van der Waals surface area contributed by atoms with E-state index in [1.807, 2.05) is 12.2 Å². The molecule has 0 saturated heterocycles. The maximum Gasteiger partial charge on any atom is 0.248 e. The molecule has 104 valence electrons. The molecule has 2 aliphatic rings. The van der Waals surface area contributed by atoms with E-state index in [-0.39, 0.29) is 31.5 Å². The largest absolute Gasteiger partial charge is 0.294 e. The van der Waals surface area contributed by atoms with E-state index >= 15 is 0 Å². The summed E-state index contributed by atoms with van der Waals surface area (Å²) in [5.41, 5.74) is -0.235. The average Bonchev–Trinajstić information content (AvgIpc) is 2.39. The summed E-state index contributed by atoms with van der Waals surface area (Å²) in [6.45, 7) is 3.80. The molecule has 19 heavy (non-hydrogen) atoms. The van der Waals surface area contributed by atoms with Gasteiger partial charge in [0.1, 0.15) is 0 Å². The number of alkyl halides is 2. The van der Waals surface area contributed by atoms with E-state index in [2.05, 4.69) is 22.5 Å². The van der Waals surface area contributed by atoms with Crippen LogP contribution in [0, 0.1) is 5.41 Å². The minimum atomic E-state index is -2.61. The Kier molecular flexibility index (Phi) is 4.09. The zero-order valence-corrected chi connectivity index (χ0v) is 12.3. The molecule has 0 amide bonds. The van der Waals surface area contributed by atoms with Gasteiger partial charge < -0.3 is 0 Å². The molecule has 0 unspecified atom stereocenters. The van der Waals surface area contributed by atoms with Crippen molar-refractivity contribution in [3.8, 4) is 0 Å². The Labute approximate surface area is 120 Å². The van der Waals surface area contributed by atoms with Crippen molar-refractivity contribution in [1.29, 1.82) is 0 Å². The lowest BCUT2D eigenvalue weighted by Crippen LogP contribution is -2.39. The third-order valence-corrected chi connectivity index (χ3v) is 4.58. The Bertz CT molecular complexity index is 453. The Hall–Kier alpha value is -0.770. The normalized spacial score (nSPS) is 31.0. The van der Waals surface area contributed by atoms with Crippen LogP contribution in [0.3, 0.4) is 0 Å². The van der Waals surface area contributed by atoms with Crippen LogP contribution in [0.25, 0.3) is 0 Å². The fourth-order valence-electron chi connectivity index (χ4n) is 2.86. The van der Waals surface area contributed by atoms with Gasteiger partial charge >= 0.3 is 0 Å². The first-order valence-corrected chi connectivity index (χ1v) is 7.29. The van der Waals surface area contributed by atoms with Crippen LogP contribution in [-0.4, -0.2) is 11.7 Å². The molecule has 0 N–H and O–H groups in total. The maximum atomic E-state index is 13.3. The number of hydrogen-bond acceptors (Lipinski definition) is 1. The van der Waals surface area contributed by atoms with Gasteiger partial charge in [-0.3, -0.25) is 4.79 Å². The van der Waals surface area contributed by atoms with Crippen LogP contribution in [0.1, 0.15) is 38.5 Å². The van der Waals surface area contributed by atoms with Crippen molar-refractivity contribution < 1.29 is 13.6 Å². The van der Waals surface area contributed by atoms with Crippen LogP contribution >= 0.6 is 15.9 Å². The molecule has 0 heterocycles. The molecular formula is C15H17BrF2O. The molecule has 4 heteroatoms. The molecule has 0 aromatic heterocycles. The van der Waals surface area contributed by atoms with Crippen LogP contribution < -0.4 is 0 Å². The fraction of sp³-hybridized carbons (Fsp3) is 0.533. The predicted octanol–water partition coefficient (Wildman–Crippen LogP) is 4.94. The summed E-state index contributed by atoms with van der Waals surface area (Å²) in [6.07, 6.45) is 7.03. The van der Waals surface area contributed by atoms with Crippen LogP contribution in [0.15, 0.2) is 34.9 Å². The Morgan fingerprint density at radius 2 is 1.79 bits per heavy atom. The molecular weight excluding hydrogens is 314 g/mol. The number of carbonyl (C=O) groups is 1. The molecule has 0 aromatic rings. The number of hydrogen-bond donors (Lipinski definition) is 0. The van der Waals surface area contributed by atoms with Crippen LogP contribution in [0.2, 0.25) is 0 Å². The molecule has 2 aliphatic carbocycles. The molecule has 1 nitrogen and oxygen atoms in total. The van der Waals surface area contributed by atoms with Crippen LogP contribution in [0.4, 0.5) is 8.78 Å². The number of Topliss-reactive ketones (excluding diaryl/α,β-unsaturated/α-hetero) is 1. The lowest BCUT2D eigenvalue weighted by molar-refractivity contribution is -0.133. The summed E-state index contributed by atoms with van der Waals surface area (Å²) in [6, 6.07) is 0. The summed E-state index contributed by atoms with van der Waals surface area (Å²) in [7, 11) is 0. The topological polar surface area (TPSA) is 17.1 Å². The number of halogens is 3. The summed E-state index contributed by atoms with van der Waals surface area (Å²) in [5, 5.41) is 0. The van der Waals surface area contributed by atoms with E-state index in [0.29, 0.717) is 12.0 Å². The first-order chi connectivity index (χ1) is 8.85. The van der Waals surface area contributed by atoms with Gasteiger partial charge in [0.25, 0.3) is 0 Å². The van der Waals surface area contributed by atoms with Gasteiger partial charge in [0, 0.05) is 28.3 Å². The smallest absolute Gasteiger partial charge is 0.248 e. The first-order valence-electron chi connectivity index (χ1n) is 6.50. The van der Waals surface area contributed by atoms with E-state index < -0.39 is 11.3 Å². The minimum Gasteiger partial charge on any atom is -0.294 e. The van der Waals surface area contributed by atoms with Gasteiger partial charge in [-0.05, 0) is 31.8 Å². The van der Waals surface area contributed by atoms with Gasteiger partial charge in [-0.15, -0.1) is 0 Å². The molecule has 2 rings (SSSR count). The predicted molar refractivity (Wildman–Crippen MR) is 75.4 cm³/mol. The molecule has 0 aromatic carbocycles. The van der Waals surface area contributed by atoms with Gasteiger partial charge in [-0.2, -0.15) is 0 Å². The van der Waals surface area contributed by atoms with Gasteiger partial charge in [0.05, 0.1) is 0 Å². The van der Waals surface area contributed by atoms with Crippen LogP contribution in [0.5, 0.6) is 0 Å². The SMILES string of the molecule is C=C1/C=C(Br)\C=C/CCC2(CCC(F)(F)CC2)C1=O. The molecule has 1 saturated carbocycles. The van der Waals surface area contributed by atoms with Crippen molar-refractivity contribution in [3.05, 3.63) is 34.9 Å². The Balaban J connectivity index is 2.27. The summed E-state index contributed by atoms with van der Waals surface area (Å²) >= 11 is 3.35. The third-order valence-electron chi connectivity index (χ3n) is 4.09. The van der Waals surface area contributed by atoms with Gasteiger partial charge in [0.15, 0.2) is 5.78 Å². The van der Waals surface area contributed by atoms with E-state index in [1.54, 1.807) is 6.08 Å². The van der Waals surface area contributed by atoms with Crippen molar-refractivity contribution in [3.63, 3.8) is 0 Å². The monoisotopic (exact) mass is 330 g/mol. The molecule has 0 radical (unpaired) electrons. The van der Waals surface area contributed by atoms with E-state index in [1.165, 1.54) is 0 Å². The second kappa shape index (κ2) is 5.31. The molecule has 0 aliphatic heterocycles.